The first-order chi connectivity index (χ1) is 6.77. The number of benzene rings is 1. The summed E-state index contributed by atoms with van der Waals surface area (Å²) in [6.45, 7) is 0.517. The van der Waals surface area contributed by atoms with Crippen LogP contribution in [-0.4, -0.2) is 13.3 Å². The minimum Gasteiger partial charge on any atom is -0.493 e. The normalized spacial score (nSPS) is 10.2. The van der Waals surface area contributed by atoms with Gasteiger partial charge in [0, 0.05) is 17.4 Å². The van der Waals surface area contributed by atoms with Crippen molar-refractivity contribution < 1.29 is 9.13 Å². The van der Waals surface area contributed by atoms with Crippen LogP contribution in [0.2, 0.25) is 0 Å². The third kappa shape index (κ3) is 3.27. The van der Waals surface area contributed by atoms with E-state index in [-0.39, 0.29) is 6.67 Å². The topological polar surface area (TPSA) is 35.2 Å². The predicted octanol–water partition coefficient (Wildman–Crippen LogP) is 2.65. The van der Waals surface area contributed by atoms with Crippen molar-refractivity contribution in [3.8, 4) is 5.75 Å². The molecule has 0 spiro atoms. The van der Waals surface area contributed by atoms with E-state index in [0.29, 0.717) is 19.6 Å². The maximum atomic E-state index is 11.8. The Labute approximate surface area is 91.4 Å². The van der Waals surface area contributed by atoms with Gasteiger partial charge in [0.05, 0.1) is 13.3 Å². The highest BCUT2D eigenvalue weighted by Gasteiger charge is 2.00. The quantitative estimate of drug-likeness (QED) is 0.828. The van der Waals surface area contributed by atoms with E-state index in [1.165, 1.54) is 0 Å². The van der Waals surface area contributed by atoms with Crippen LogP contribution in [0, 0.1) is 0 Å². The number of hydrogen-bond donors (Lipinski definition) is 1. The van der Waals surface area contributed by atoms with Gasteiger partial charge in [0.25, 0.3) is 0 Å². The van der Waals surface area contributed by atoms with Gasteiger partial charge < -0.3 is 10.5 Å². The number of alkyl halides is 1. The third-order valence-corrected chi connectivity index (χ3v) is 2.56. The summed E-state index contributed by atoms with van der Waals surface area (Å²) in [6, 6.07) is 5.58. The Bertz CT molecular complexity index is 293. The van der Waals surface area contributed by atoms with Crippen molar-refractivity contribution in [2.24, 2.45) is 5.73 Å². The van der Waals surface area contributed by atoms with Crippen molar-refractivity contribution in [3.63, 3.8) is 0 Å². The highest BCUT2D eigenvalue weighted by molar-refractivity contribution is 9.10. The average Bonchev–Trinajstić information content (AvgIpc) is 2.21. The summed E-state index contributed by atoms with van der Waals surface area (Å²) in [5.41, 5.74) is 6.52. The summed E-state index contributed by atoms with van der Waals surface area (Å²) in [4.78, 5) is 0. The molecule has 0 bridgehead atoms. The summed E-state index contributed by atoms with van der Waals surface area (Å²) in [6.07, 6.45) is 0.425. The number of hydrogen-bond acceptors (Lipinski definition) is 2. The van der Waals surface area contributed by atoms with E-state index in [1.54, 1.807) is 0 Å². The molecule has 0 saturated carbocycles. The lowest BCUT2D eigenvalue weighted by molar-refractivity contribution is 0.289. The van der Waals surface area contributed by atoms with Crippen molar-refractivity contribution in [3.05, 3.63) is 28.2 Å². The molecule has 0 aliphatic heterocycles. The zero-order chi connectivity index (χ0) is 10.4. The van der Waals surface area contributed by atoms with Crippen LogP contribution in [0.1, 0.15) is 12.0 Å². The molecule has 2 N–H and O–H groups in total. The highest BCUT2D eigenvalue weighted by atomic mass is 79.9. The Kier molecular flexibility index (Phi) is 4.90. The lowest BCUT2D eigenvalue weighted by atomic mass is 10.2. The van der Waals surface area contributed by atoms with E-state index >= 15 is 0 Å². The number of ether oxygens (including phenoxy) is 1. The summed E-state index contributed by atoms with van der Waals surface area (Å²) in [5, 5.41) is 0. The summed E-state index contributed by atoms with van der Waals surface area (Å²) in [5.74, 6) is 0.738. The van der Waals surface area contributed by atoms with Crippen LogP contribution in [0.5, 0.6) is 5.75 Å². The average molecular weight is 262 g/mol. The molecule has 0 aliphatic carbocycles. The fraction of sp³-hybridized carbons (Fsp3) is 0.400. The molecule has 0 heterocycles. The molecular weight excluding hydrogens is 249 g/mol. The molecule has 0 saturated heterocycles. The second kappa shape index (κ2) is 5.98. The van der Waals surface area contributed by atoms with Crippen LogP contribution in [-0.2, 0) is 6.54 Å². The molecular formula is C10H13BrFNO. The molecule has 0 atom stereocenters. The summed E-state index contributed by atoms with van der Waals surface area (Å²) < 4.78 is 18.1. The fourth-order valence-corrected chi connectivity index (χ4v) is 1.45. The first-order valence-corrected chi connectivity index (χ1v) is 5.24. The van der Waals surface area contributed by atoms with Crippen molar-refractivity contribution >= 4 is 15.9 Å². The first kappa shape index (κ1) is 11.5. The SMILES string of the molecule is NCc1cc(OCCCF)ccc1Br. The van der Waals surface area contributed by atoms with E-state index in [2.05, 4.69) is 15.9 Å². The lowest BCUT2D eigenvalue weighted by Crippen LogP contribution is -2.01. The van der Waals surface area contributed by atoms with Crippen LogP contribution in [0.15, 0.2) is 22.7 Å². The predicted molar refractivity (Wildman–Crippen MR) is 58.1 cm³/mol. The minimum atomic E-state index is -0.347. The molecule has 0 aromatic heterocycles. The van der Waals surface area contributed by atoms with Gasteiger partial charge in [-0.2, -0.15) is 0 Å². The zero-order valence-corrected chi connectivity index (χ0v) is 9.39. The van der Waals surface area contributed by atoms with E-state index in [4.69, 9.17) is 10.5 Å². The summed E-state index contributed by atoms with van der Waals surface area (Å²) >= 11 is 3.38. The van der Waals surface area contributed by atoms with Gasteiger partial charge in [-0.1, -0.05) is 15.9 Å². The van der Waals surface area contributed by atoms with Gasteiger partial charge in [0.15, 0.2) is 0 Å². The van der Waals surface area contributed by atoms with Gasteiger partial charge in [-0.25, -0.2) is 0 Å². The van der Waals surface area contributed by atoms with Crippen molar-refractivity contribution in [1.82, 2.24) is 0 Å². The van der Waals surface area contributed by atoms with Crippen molar-refractivity contribution in [2.45, 2.75) is 13.0 Å². The minimum absolute atomic E-state index is 0.347. The van der Waals surface area contributed by atoms with Gasteiger partial charge in [-0.15, -0.1) is 0 Å². The second-order valence-electron chi connectivity index (χ2n) is 2.85. The number of nitrogens with two attached hydrogens (primary N) is 1. The fourth-order valence-electron chi connectivity index (χ4n) is 1.04. The lowest BCUT2D eigenvalue weighted by Gasteiger charge is -2.07. The van der Waals surface area contributed by atoms with Gasteiger partial charge in [0.1, 0.15) is 5.75 Å². The second-order valence-corrected chi connectivity index (χ2v) is 3.70. The Morgan fingerprint density at radius 2 is 2.21 bits per heavy atom. The van der Waals surface area contributed by atoms with Gasteiger partial charge in [-0.05, 0) is 23.8 Å². The third-order valence-electron chi connectivity index (χ3n) is 1.78. The maximum Gasteiger partial charge on any atom is 0.119 e. The van der Waals surface area contributed by atoms with E-state index in [9.17, 15) is 4.39 Å². The number of halogens is 2. The number of rotatable bonds is 5. The Balaban J connectivity index is 2.60. The van der Waals surface area contributed by atoms with Crippen LogP contribution >= 0.6 is 15.9 Å². The van der Waals surface area contributed by atoms with Gasteiger partial charge >= 0.3 is 0 Å². The molecule has 1 rings (SSSR count). The molecule has 0 fully saturated rings. The molecule has 0 amide bonds. The maximum absolute atomic E-state index is 11.8. The first-order valence-electron chi connectivity index (χ1n) is 4.45. The summed E-state index contributed by atoms with van der Waals surface area (Å²) in [7, 11) is 0. The molecule has 1 aromatic rings. The van der Waals surface area contributed by atoms with Crippen LogP contribution < -0.4 is 10.5 Å². The van der Waals surface area contributed by atoms with E-state index < -0.39 is 0 Å². The van der Waals surface area contributed by atoms with E-state index in [0.717, 1.165) is 15.8 Å². The van der Waals surface area contributed by atoms with Crippen molar-refractivity contribution in [1.29, 1.82) is 0 Å². The Hall–Kier alpha value is -0.610. The molecule has 0 aliphatic rings. The standard InChI is InChI=1S/C10H13BrFNO/c11-10-3-2-9(6-8(10)7-13)14-5-1-4-12/h2-3,6H,1,4-5,7,13H2. The molecule has 78 valence electrons. The molecule has 0 unspecified atom stereocenters. The van der Waals surface area contributed by atoms with Gasteiger partial charge in [0.2, 0.25) is 0 Å². The van der Waals surface area contributed by atoms with Crippen molar-refractivity contribution in [2.75, 3.05) is 13.3 Å². The molecule has 14 heavy (non-hydrogen) atoms. The Morgan fingerprint density at radius 3 is 2.86 bits per heavy atom. The molecule has 0 radical (unpaired) electrons. The highest BCUT2D eigenvalue weighted by Crippen LogP contribution is 2.22. The van der Waals surface area contributed by atoms with Gasteiger partial charge in [-0.3, -0.25) is 4.39 Å². The van der Waals surface area contributed by atoms with E-state index in [1.807, 2.05) is 18.2 Å². The molecule has 2 nitrogen and oxygen atoms in total. The van der Waals surface area contributed by atoms with Crippen LogP contribution in [0.4, 0.5) is 4.39 Å². The molecule has 4 heteroatoms. The Morgan fingerprint density at radius 1 is 1.43 bits per heavy atom. The smallest absolute Gasteiger partial charge is 0.119 e. The zero-order valence-electron chi connectivity index (χ0n) is 7.80. The largest absolute Gasteiger partial charge is 0.493 e. The van der Waals surface area contributed by atoms with Crippen LogP contribution in [0.25, 0.3) is 0 Å². The van der Waals surface area contributed by atoms with Crippen LogP contribution in [0.3, 0.4) is 0 Å². The molecule has 1 aromatic carbocycles. The monoisotopic (exact) mass is 261 g/mol.